The fourth-order valence-corrected chi connectivity index (χ4v) is 0.321. The van der Waals surface area contributed by atoms with E-state index in [0.717, 1.165) is 0 Å². The third-order valence-corrected chi connectivity index (χ3v) is 0.567. The molecule has 1 nitrogen and oxygen atoms in total. The minimum atomic E-state index is -4.39. The molecule has 0 aromatic carbocycles. The Hall–Kier alpha value is 0.390. The normalized spacial score (nSPS) is 12.0. The topological polar surface area (TPSA) is 9.23 Å². The van der Waals surface area contributed by atoms with E-state index in [1.807, 2.05) is 0 Å². The van der Waals surface area contributed by atoms with Gasteiger partial charge in [0.25, 0.3) is 0 Å². The average molecular weight is 153 g/mol. The summed E-state index contributed by atoms with van der Waals surface area (Å²) < 4.78 is 35.6. The lowest BCUT2D eigenvalue weighted by molar-refractivity contribution is -0.0368. The van der Waals surface area contributed by atoms with Crippen LogP contribution in [0.3, 0.4) is 0 Å². The number of alkyl halides is 3. The van der Waals surface area contributed by atoms with E-state index in [4.69, 9.17) is 0 Å². The summed E-state index contributed by atoms with van der Waals surface area (Å²) in [7, 11) is 0. The van der Waals surface area contributed by atoms with Crippen molar-refractivity contribution >= 4 is 23.9 Å². The molecule has 0 aromatic heterocycles. The van der Waals surface area contributed by atoms with Gasteiger partial charge < -0.3 is 0 Å². The van der Waals surface area contributed by atoms with Crippen LogP contribution in [0, 0.1) is 0 Å². The van der Waals surface area contributed by atoms with Crippen molar-refractivity contribution in [2.24, 2.45) is 0 Å². The van der Waals surface area contributed by atoms with Crippen molar-refractivity contribution in [1.82, 2.24) is 0 Å². The van der Waals surface area contributed by atoms with E-state index < -0.39 is 17.6 Å². The van der Waals surface area contributed by atoms with Gasteiger partial charge in [0.15, 0.2) is 0 Å². The Morgan fingerprint density at radius 1 is 1.43 bits per heavy atom. The Morgan fingerprint density at radius 2 is 1.86 bits per heavy atom. The van der Waals surface area contributed by atoms with E-state index >= 15 is 0 Å². The Balaban J connectivity index is 3.15. The largest absolute Gasteiger partial charge is 0.469 e. The highest BCUT2D eigenvalue weighted by molar-refractivity contribution is 7.96. The standard InChI is InChI=1S/CClF3OS/c2-6-7-1(3,4)5. The molecular formula is CClF3OS. The van der Waals surface area contributed by atoms with E-state index in [-0.39, 0.29) is 0 Å². The Kier molecular flexibility index (Phi) is 2.78. The molecule has 0 heterocycles. The van der Waals surface area contributed by atoms with Crippen molar-refractivity contribution in [3.8, 4) is 0 Å². The van der Waals surface area contributed by atoms with Crippen LogP contribution < -0.4 is 0 Å². The Morgan fingerprint density at radius 3 is 1.86 bits per heavy atom. The Bertz CT molecular complexity index is 53.4. The van der Waals surface area contributed by atoms with Crippen molar-refractivity contribution in [2.75, 3.05) is 0 Å². The fourth-order valence-electron chi connectivity index (χ4n) is 0.0357. The summed E-state index contributed by atoms with van der Waals surface area (Å²) in [6.45, 7) is 0. The highest BCUT2D eigenvalue weighted by Crippen LogP contribution is 2.31. The van der Waals surface area contributed by atoms with Crippen molar-refractivity contribution in [2.45, 2.75) is 5.51 Å². The smallest absolute Gasteiger partial charge is 0.198 e. The predicted octanol–water partition coefficient (Wildman–Crippen LogP) is 2.32. The number of hydrogen-bond donors (Lipinski definition) is 0. The molecule has 0 saturated carbocycles. The first kappa shape index (κ1) is 7.39. The lowest BCUT2D eigenvalue weighted by Gasteiger charge is -1.96. The molecule has 0 aromatic rings. The van der Waals surface area contributed by atoms with Crippen molar-refractivity contribution in [1.29, 1.82) is 0 Å². The summed E-state index contributed by atoms with van der Waals surface area (Å²) in [5, 5.41) is 0. The van der Waals surface area contributed by atoms with Crippen LogP contribution >= 0.6 is 23.9 Å². The second-order valence-corrected chi connectivity index (χ2v) is 1.73. The van der Waals surface area contributed by atoms with E-state index in [9.17, 15) is 13.2 Å². The molecule has 0 aliphatic rings. The van der Waals surface area contributed by atoms with Crippen molar-refractivity contribution in [3.63, 3.8) is 0 Å². The van der Waals surface area contributed by atoms with Gasteiger partial charge in [0, 0.05) is 0 Å². The minimum absolute atomic E-state index is 0.746. The summed E-state index contributed by atoms with van der Waals surface area (Å²) in [4.78, 5) is 0. The lowest BCUT2D eigenvalue weighted by atomic mass is 11.6. The third-order valence-electron chi connectivity index (χ3n) is 0.126. The van der Waals surface area contributed by atoms with Gasteiger partial charge >= 0.3 is 5.51 Å². The molecule has 0 unspecified atom stereocenters. The first-order valence-electron chi connectivity index (χ1n) is 1.09. The van der Waals surface area contributed by atoms with Crippen molar-refractivity contribution < 1.29 is 16.9 Å². The van der Waals surface area contributed by atoms with E-state index in [1.54, 1.807) is 0 Å². The number of rotatable bonds is 1. The van der Waals surface area contributed by atoms with Gasteiger partial charge in [0.2, 0.25) is 0 Å². The number of halogens is 4. The van der Waals surface area contributed by atoms with Crippen LogP contribution in [0.2, 0.25) is 0 Å². The lowest BCUT2D eigenvalue weighted by Crippen LogP contribution is -1.97. The molecule has 0 aliphatic carbocycles. The molecule has 0 atom stereocenters. The van der Waals surface area contributed by atoms with Crippen LogP contribution in [0.25, 0.3) is 0 Å². The highest BCUT2D eigenvalue weighted by Gasteiger charge is 2.29. The van der Waals surface area contributed by atoms with Crippen LogP contribution in [-0.2, 0) is 3.74 Å². The van der Waals surface area contributed by atoms with Gasteiger partial charge in [-0.3, -0.25) is 0 Å². The van der Waals surface area contributed by atoms with Crippen LogP contribution in [-0.4, -0.2) is 5.51 Å². The van der Waals surface area contributed by atoms with Gasteiger partial charge in [-0.05, 0) is 0 Å². The molecule has 0 rings (SSSR count). The summed E-state index contributed by atoms with van der Waals surface area (Å²) in [5.74, 6) is 0. The maximum absolute atomic E-state index is 10.8. The molecule has 0 fully saturated rings. The monoisotopic (exact) mass is 152 g/mol. The summed E-state index contributed by atoms with van der Waals surface area (Å²) in [6.07, 6.45) is 0. The number of hydrogen-bond acceptors (Lipinski definition) is 2. The summed E-state index contributed by atoms with van der Waals surface area (Å²) in [6, 6.07) is 0. The third kappa shape index (κ3) is 6.39. The molecule has 0 radical (unpaired) electrons. The maximum Gasteiger partial charge on any atom is 0.469 e. The van der Waals surface area contributed by atoms with Gasteiger partial charge in [0.1, 0.15) is 12.0 Å². The second kappa shape index (κ2) is 2.64. The molecule has 0 amide bonds. The van der Waals surface area contributed by atoms with Gasteiger partial charge in [0.05, 0.1) is 11.9 Å². The molecule has 0 saturated heterocycles. The van der Waals surface area contributed by atoms with Gasteiger partial charge in [-0.25, -0.2) is 0 Å². The van der Waals surface area contributed by atoms with E-state index in [0.29, 0.717) is 0 Å². The molecule has 0 spiro atoms. The molecule has 0 bridgehead atoms. The zero-order valence-electron chi connectivity index (χ0n) is 2.83. The van der Waals surface area contributed by atoms with Gasteiger partial charge in [-0.1, -0.05) is 0 Å². The average Bonchev–Trinajstić information content (AvgIpc) is 1.30. The van der Waals surface area contributed by atoms with E-state index in [2.05, 4.69) is 15.6 Å². The highest BCUT2D eigenvalue weighted by atomic mass is 35.5. The molecule has 0 N–H and O–H groups in total. The first-order chi connectivity index (χ1) is 3.06. The Labute approximate surface area is 47.2 Å². The second-order valence-electron chi connectivity index (χ2n) is 0.592. The minimum Gasteiger partial charge on any atom is -0.198 e. The predicted molar refractivity (Wildman–Crippen MR) is 20.6 cm³/mol. The molecular weight excluding hydrogens is 153 g/mol. The van der Waals surface area contributed by atoms with Crippen molar-refractivity contribution in [3.05, 3.63) is 0 Å². The molecule has 0 aliphatic heterocycles. The molecule has 6 heteroatoms. The maximum atomic E-state index is 10.8. The molecule has 44 valence electrons. The first-order valence-corrected chi connectivity index (χ1v) is 2.14. The van der Waals surface area contributed by atoms with Crippen LogP contribution in [0.1, 0.15) is 0 Å². The quantitative estimate of drug-likeness (QED) is 0.534. The van der Waals surface area contributed by atoms with Crippen LogP contribution in [0.5, 0.6) is 0 Å². The van der Waals surface area contributed by atoms with E-state index in [1.165, 1.54) is 0 Å². The van der Waals surface area contributed by atoms with Crippen LogP contribution in [0.4, 0.5) is 13.2 Å². The zero-order chi connectivity index (χ0) is 5.91. The van der Waals surface area contributed by atoms with Gasteiger partial charge in [-0.15, -0.1) is 0 Å². The van der Waals surface area contributed by atoms with Gasteiger partial charge in [-0.2, -0.15) is 16.9 Å². The summed E-state index contributed by atoms with van der Waals surface area (Å²) in [5.41, 5.74) is -4.39. The van der Waals surface area contributed by atoms with Crippen LogP contribution in [0.15, 0.2) is 0 Å². The fraction of sp³-hybridized carbons (Fsp3) is 1.00. The SMILES string of the molecule is FC(F)(F)SOCl. The summed E-state index contributed by atoms with van der Waals surface area (Å²) >= 11 is 3.48. The molecule has 7 heavy (non-hydrogen) atoms. The zero-order valence-corrected chi connectivity index (χ0v) is 4.40.